The second kappa shape index (κ2) is 16.7. The van der Waals surface area contributed by atoms with Crippen LogP contribution in [-0.2, 0) is 14.8 Å². The molecule has 308 valence electrons. The maximum absolute atomic E-state index is 13.9. The highest BCUT2D eigenvalue weighted by Crippen LogP contribution is 2.48. The van der Waals surface area contributed by atoms with Crippen LogP contribution in [-0.4, -0.2) is 66.5 Å². The fourth-order valence-electron chi connectivity index (χ4n) is 9.47. The molecule has 1 atom stereocenters. The molecule has 13 nitrogen and oxygen atoms in total. The predicted molar refractivity (Wildman–Crippen MR) is 224 cm³/mol. The molecule has 4 aliphatic rings. The van der Waals surface area contributed by atoms with Gasteiger partial charge >= 0.3 is 0 Å². The number of benzene rings is 3. The molecule has 59 heavy (non-hydrogen) atoms. The minimum absolute atomic E-state index is 0.0126. The number of nitro benzene ring substituents is 1. The van der Waals surface area contributed by atoms with Crippen LogP contribution in [0.25, 0.3) is 11.0 Å². The third-order valence-electron chi connectivity index (χ3n) is 12.8. The number of likely N-dealkylation sites (tertiary alicyclic amines) is 1. The Hall–Kier alpha value is -5.31. The zero-order valence-electron chi connectivity index (χ0n) is 33.0. The Kier molecular flexibility index (Phi) is 11.1. The Labute approximate surface area is 344 Å². The molecule has 3 N–H and O–H groups in total. The SMILES string of the molecule is O=C(NS(=O)(=O)c1ccc(NCC2CCOCC2)c([N+](=O)[O-])c1)c1ccc(C2CCC(N3CCCC3c3ccccc3C3CC3)CC2)cc1Oc1cnc2[nH]ccc2c1. The Morgan fingerprint density at radius 2 is 1.69 bits per heavy atom. The molecule has 0 spiro atoms. The molecule has 0 radical (unpaired) electrons. The maximum Gasteiger partial charge on any atom is 0.293 e. The number of nitrogens with zero attached hydrogens (tertiary/aromatic N) is 3. The summed E-state index contributed by atoms with van der Waals surface area (Å²) in [5.41, 5.74) is 4.59. The number of hydrogen-bond acceptors (Lipinski definition) is 10. The van der Waals surface area contributed by atoms with E-state index in [2.05, 4.69) is 49.2 Å². The van der Waals surface area contributed by atoms with Gasteiger partial charge in [-0.25, -0.2) is 18.1 Å². The van der Waals surface area contributed by atoms with Crippen LogP contribution in [0.15, 0.2) is 90.1 Å². The molecule has 14 heteroatoms. The quantitative estimate of drug-likeness (QED) is 0.0770. The molecule has 4 heterocycles. The molecule has 9 rings (SSSR count). The summed E-state index contributed by atoms with van der Waals surface area (Å²) in [6.45, 7) is 2.88. The van der Waals surface area contributed by atoms with Gasteiger partial charge in [0.25, 0.3) is 21.6 Å². The average Bonchev–Trinajstić information content (AvgIpc) is 3.79. The van der Waals surface area contributed by atoms with E-state index in [1.807, 2.05) is 18.2 Å². The summed E-state index contributed by atoms with van der Waals surface area (Å²) < 4.78 is 41.3. The number of ether oxygens (including phenoxy) is 2. The number of H-pyrrole nitrogens is 1. The van der Waals surface area contributed by atoms with Crippen molar-refractivity contribution in [1.29, 1.82) is 0 Å². The number of anilines is 1. The van der Waals surface area contributed by atoms with E-state index in [1.165, 1.54) is 43.4 Å². The van der Waals surface area contributed by atoms with Gasteiger partial charge in [-0.15, -0.1) is 0 Å². The van der Waals surface area contributed by atoms with Gasteiger partial charge in [-0.3, -0.25) is 19.8 Å². The van der Waals surface area contributed by atoms with Gasteiger partial charge in [0.1, 0.15) is 22.8 Å². The van der Waals surface area contributed by atoms with Crippen molar-refractivity contribution >= 4 is 38.3 Å². The smallest absolute Gasteiger partial charge is 0.293 e. The lowest BCUT2D eigenvalue weighted by atomic mass is 9.80. The van der Waals surface area contributed by atoms with E-state index in [9.17, 15) is 23.3 Å². The molecular formula is C45H50N6O7S. The summed E-state index contributed by atoms with van der Waals surface area (Å²) >= 11 is 0. The fourth-order valence-corrected chi connectivity index (χ4v) is 10.5. The van der Waals surface area contributed by atoms with Crippen LogP contribution in [0.3, 0.4) is 0 Å². The molecule has 5 aromatic rings. The fraction of sp³-hybridized carbons (Fsp3) is 0.422. The second-order valence-corrected chi connectivity index (χ2v) is 18.2. The zero-order chi connectivity index (χ0) is 40.5. The minimum atomic E-state index is -4.53. The molecule has 2 aliphatic heterocycles. The van der Waals surface area contributed by atoms with Crippen LogP contribution in [0.4, 0.5) is 11.4 Å². The number of nitro groups is 1. The third-order valence-corrected chi connectivity index (χ3v) is 14.1. The van der Waals surface area contributed by atoms with Crippen LogP contribution < -0.4 is 14.8 Å². The number of hydrogen-bond donors (Lipinski definition) is 3. The topological polar surface area (TPSA) is 169 Å². The van der Waals surface area contributed by atoms with Crippen LogP contribution in [0.1, 0.15) is 109 Å². The molecule has 3 aromatic carbocycles. The van der Waals surface area contributed by atoms with Gasteiger partial charge < -0.3 is 19.8 Å². The number of carbonyl (C=O) groups is 1. The zero-order valence-corrected chi connectivity index (χ0v) is 33.8. The van der Waals surface area contributed by atoms with E-state index in [-0.39, 0.29) is 28.8 Å². The number of rotatable bonds is 13. The highest BCUT2D eigenvalue weighted by Gasteiger charge is 2.37. The molecule has 1 amide bonds. The predicted octanol–water partition coefficient (Wildman–Crippen LogP) is 8.96. The van der Waals surface area contributed by atoms with Gasteiger partial charge in [0, 0.05) is 49.5 Å². The van der Waals surface area contributed by atoms with Crippen molar-refractivity contribution in [1.82, 2.24) is 19.6 Å². The van der Waals surface area contributed by atoms with Crippen molar-refractivity contribution in [3.63, 3.8) is 0 Å². The van der Waals surface area contributed by atoms with Crippen molar-refractivity contribution in [2.45, 2.75) is 93.0 Å². The third kappa shape index (κ3) is 8.57. The molecule has 0 bridgehead atoms. The molecule has 4 fully saturated rings. The monoisotopic (exact) mass is 818 g/mol. The lowest BCUT2D eigenvalue weighted by Crippen LogP contribution is -2.37. The van der Waals surface area contributed by atoms with Gasteiger partial charge in [0.2, 0.25) is 0 Å². The molecule has 2 saturated heterocycles. The lowest BCUT2D eigenvalue weighted by Gasteiger charge is -2.39. The molecule has 2 aliphatic carbocycles. The Bertz CT molecular complexity index is 2450. The van der Waals surface area contributed by atoms with E-state index in [0.717, 1.165) is 68.0 Å². The van der Waals surface area contributed by atoms with E-state index in [1.54, 1.807) is 30.1 Å². The van der Waals surface area contributed by atoms with Crippen molar-refractivity contribution < 1.29 is 27.6 Å². The van der Waals surface area contributed by atoms with Gasteiger partial charge in [0.05, 0.1) is 21.6 Å². The average molecular weight is 819 g/mol. The van der Waals surface area contributed by atoms with Gasteiger partial charge in [-0.1, -0.05) is 30.3 Å². The van der Waals surface area contributed by atoms with Crippen LogP contribution in [0, 0.1) is 16.0 Å². The van der Waals surface area contributed by atoms with Gasteiger partial charge in [-0.2, -0.15) is 0 Å². The van der Waals surface area contributed by atoms with Gasteiger partial charge in [0.15, 0.2) is 0 Å². The summed E-state index contributed by atoms with van der Waals surface area (Å²) in [5, 5.41) is 16.0. The molecule has 1 unspecified atom stereocenters. The first-order valence-corrected chi connectivity index (χ1v) is 22.4. The number of aromatic amines is 1. The first kappa shape index (κ1) is 39.2. The van der Waals surface area contributed by atoms with Crippen LogP contribution in [0.2, 0.25) is 0 Å². The standard InChI is InChI=1S/C45H50N6O7S/c52-45(49-59(55,56)36-14-16-40(42(26-36)51(53)54)47-27-29-18-22-57-23-19-29)39-15-11-32(25-43(39)58-35-24-33-17-20-46-44(33)48-28-35)30-9-12-34(13-10-30)50-21-3-6-41(50)38-5-2-1-4-37(38)31-7-8-31/h1-2,4-5,11,14-17,20,24-26,28-31,34,41,47H,3,6-10,12-13,18-19,21-23,27H2,(H,46,48)(H,49,52). The Balaban J connectivity index is 0.932. The number of fused-ring (bicyclic) bond motifs is 1. The van der Waals surface area contributed by atoms with Crippen molar-refractivity contribution in [2.24, 2.45) is 5.92 Å². The highest BCUT2D eigenvalue weighted by atomic mass is 32.2. The van der Waals surface area contributed by atoms with Crippen molar-refractivity contribution in [3.8, 4) is 11.5 Å². The van der Waals surface area contributed by atoms with Crippen molar-refractivity contribution in [3.05, 3.63) is 118 Å². The highest BCUT2D eigenvalue weighted by molar-refractivity contribution is 7.90. The summed E-state index contributed by atoms with van der Waals surface area (Å²) in [7, 11) is -4.53. The first-order valence-electron chi connectivity index (χ1n) is 21.0. The number of amides is 1. The summed E-state index contributed by atoms with van der Waals surface area (Å²) in [6, 6.07) is 22.7. The number of sulfonamides is 1. The van der Waals surface area contributed by atoms with E-state index >= 15 is 0 Å². The van der Waals surface area contributed by atoms with Crippen molar-refractivity contribution in [2.75, 3.05) is 31.6 Å². The summed E-state index contributed by atoms with van der Waals surface area (Å²) in [4.78, 5) is 35.2. The van der Waals surface area contributed by atoms with Gasteiger partial charge in [-0.05, 0) is 142 Å². The Morgan fingerprint density at radius 1 is 0.915 bits per heavy atom. The molecular weight excluding hydrogens is 769 g/mol. The lowest BCUT2D eigenvalue weighted by molar-refractivity contribution is -0.384. The van der Waals surface area contributed by atoms with E-state index in [0.29, 0.717) is 43.2 Å². The van der Waals surface area contributed by atoms with Crippen LogP contribution >= 0.6 is 0 Å². The number of aromatic nitrogens is 2. The largest absolute Gasteiger partial charge is 0.455 e. The normalized spacial score (nSPS) is 21.7. The minimum Gasteiger partial charge on any atom is -0.455 e. The summed E-state index contributed by atoms with van der Waals surface area (Å²) in [6.07, 6.45) is 14.1. The van der Waals surface area contributed by atoms with E-state index < -0.39 is 31.4 Å². The van der Waals surface area contributed by atoms with Crippen LogP contribution in [0.5, 0.6) is 11.5 Å². The summed E-state index contributed by atoms with van der Waals surface area (Å²) in [5.74, 6) is 0.909. The maximum atomic E-state index is 13.9. The first-order chi connectivity index (χ1) is 28.7. The Morgan fingerprint density at radius 3 is 2.47 bits per heavy atom. The number of nitrogens with one attached hydrogen (secondary N) is 3. The number of carbonyl (C=O) groups excluding carboxylic acids is 1. The van der Waals surface area contributed by atoms with E-state index in [4.69, 9.17) is 9.47 Å². The number of pyridine rings is 1. The second-order valence-electron chi connectivity index (χ2n) is 16.6. The molecule has 2 saturated carbocycles. The molecule has 2 aromatic heterocycles.